The molecule has 0 atom stereocenters. The van der Waals surface area contributed by atoms with E-state index < -0.39 is 10.0 Å². The van der Waals surface area contributed by atoms with Gasteiger partial charge in [0, 0.05) is 50.2 Å². The van der Waals surface area contributed by atoms with E-state index in [1.165, 1.54) is 0 Å². The third kappa shape index (κ3) is 5.19. The molecule has 0 spiro atoms. The van der Waals surface area contributed by atoms with Crippen LogP contribution in [0, 0.1) is 0 Å². The summed E-state index contributed by atoms with van der Waals surface area (Å²) in [6.45, 7) is 8.52. The van der Waals surface area contributed by atoms with Crippen molar-refractivity contribution in [2.75, 3.05) is 50.7 Å². The number of halogens is 2. The summed E-state index contributed by atoms with van der Waals surface area (Å²) in [5, 5.41) is 2.31. The maximum absolute atomic E-state index is 12.9. The molecule has 0 N–H and O–H groups in total. The SMILES string of the molecule is CCN1CCN(c2nc(-c3ccc(S(=O)(=O)N4CCCC4)cc3)cc3ccccc23)CC1.Cl.Cl. The number of hydrogen-bond acceptors (Lipinski definition) is 5. The molecule has 0 aliphatic carbocycles. The van der Waals surface area contributed by atoms with Crippen molar-refractivity contribution in [3.05, 3.63) is 54.6 Å². The van der Waals surface area contributed by atoms with Crippen molar-refractivity contribution in [2.45, 2.75) is 24.7 Å². The molecular formula is C25H32Cl2N4O2S. The number of piperazine rings is 1. The van der Waals surface area contributed by atoms with Crippen molar-refractivity contribution in [1.82, 2.24) is 14.2 Å². The summed E-state index contributed by atoms with van der Waals surface area (Å²) in [6.07, 6.45) is 1.88. The predicted octanol–water partition coefficient (Wildman–Crippen LogP) is 4.67. The largest absolute Gasteiger partial charge is 0.354 e. The van der Waals surface area contributed by atoms with E-state index in [1.54, 1.807) is 16.4 Å². The van der Waals surface area contributed by atoms with Gasteiger partial charge in [0.15, 0.2) is 0 Å². The zero-order chi connectivity index (χ0) is 22.1. The highest BCUT2D eigenvalue weighted by atomic mass is 35.5. The smallest absolute Gasteiger partial charge is 0.243 e. The Morgan fingerprint density at radius 3 is 2.15 bits per heavy atom. The van der Waals surface area contributed by atoms with E-state index in [0.717, 1.165) is 73.4 Å². The van der Waals surface area contributed by atoms with Gasteiger partial charge in [0.1, 0.15) is 5.82 Å². The summed E-state index contributed by atoms with van der Waals surface area (Å²) in [4.78, 5) is 10.3. The predicted molar refractivity (Wildman–Crippen MR) is 144 cm³/mol. The van der Waals surface area contributed by atoms with Crippen molar-refractivity contribution >= 4 is 51.4 Å². The van der Waals surface area contributed by atoms with Crippen LogP contribution in [0.25, 0.3) is 22.0 Å². The first-order valence-corrected chi connectivity index (χ1v) is 13.0. The monoisotopic (exact) mass is 522 g/mol. The van der Waals surface area contributed by atoms with E-state index in [0.29, 0.717) is 18.0 Å². The van der Waals surface area contributed by atoms with Gasteiger partial charge in [-0.15, -0.1) is 24.8 Å². The lowest BCUT2D eigenvalue weighted by molar-refractivity contribution is 0.271. The Balaban J connectivity index is 0.00000162. The minimum absolute atomic E-state index is 0. The van der Waals surface area contributed by atoms with Gasteiger partial charge in [0.2, 0.25) is 10.0 Å². The number of fused-ring (bicyclic) bond motifs is 1. The summed E-state index contributed by atoms with van der Waals surface area (Å²) >= 11 is 0. The number of benzene rings is 2. The Morgan fingerprint density at radius 2 is 1.50 bits per heavy atom. The quantitative estimate of drug-likeness (QED) is 0.487. The standard InChI is InChI=1S/C25H30N4O2S.2ClH/c1-2-27-15-17-28(18-16-27)25-23-8-4-3-7-21(23)19-24(26-25)20-9-11-22(12-10-20)32(30,31)29-13-5-6-14-29;;/h3-4,7-12,19H,2,5-6,13-18H2,1H3;2*1H. The molecule has 0 radical (unpaired) electrons. The summed E-state index contributed by atoms with van der Waals surface area (Å²) in [5.74, 6) is 1.02. The second kappa shape index (κ2) is 11.2. The van der Waals surface area contributed by atoms with E-state index in [1.807, 2.05) is 12.1 Å². The number of aromatic nitrogens is 1. The minimum atomic E-state index is -3.41. The summed E-state index contributed by atoms with van der Waals surface area (Å²) in [6, 6.07) is 17.7. The molecule has 0 amide bonds. The van der Waals surface area contributed by atoms with Crippen molar-refractivity contribution < 1.29 is 8.42 Å². The first-order chi connectivity index (χ1) is 15.6. The molecule has 184 valence electrons. The van der Waals surface area contributed by atoms with E-state index in [4.69, 9.17) is 4.98 Å². The van der Waals surface area contributed by atoms with Gasteiger partial charge in [-0.3, -0.25) is 0 Å². The molecule has 1 aromatic heterocycles. The molecule has 6 nitrogen and oxygen atoms in total. The number of sulfonamides is 1. The fraction of sp³-hybridized carbons (Fsp3) is 0.400. The van der Waals surface area contributed by atoms with Gasteiger partial charge in [-0.2, -0.15) is 4.31 Å². The summed E-state index contributed by atoms with van der Waals surface area (Å²) in [7, 11) is -3.41. The van der Waals surface area contributed by atoms with E-state index >= 15 is 0 Å². The lowest BCUT2D eigenvalue weighted by atomic mass is 10.1. The molecule has 34 heavy (non-hydrogen) atoms. The molecule has 3 aromatic rings. The van der Waals surface area contributed by atoms with Gasteiger partial charge in [-0.1, -0.05) is 43.3 Å². The van der Waals surface area contributed by atoms with Crippen molar-refractivity contribution in [1.29, 1.82) is 0 Å². The number of likely N-dealkylation sites (N-methyl/N-ethyl adjacent to an activating group) is 1. The van der Waals surface area contributed by atoms with Gasteiger partial charge in [0.05, 0.1) is 10.6 Å². The summed E-state index contributed by atoms with van der Waals surface area (Å²) < 4.78 is 27.3. The molecule has 9 heteroatoms. The van der Waals surface area contributed by atoms with Crippen LogP contribution in [0.4, 0.5) is 5.82 Å². The molecule has 0 unspecified atom stereocenters. The van der Waals surface area contributed by atoms with Crippen molar-refractivity contribution in [2.24, 2.45) is 0 Å². The number of hydrogen-bond donors (Lipinski definition) is 0. The van der Waals surface area contributed by atoms with Gasteiger partial charge >= 0.3 is 0 Å². The number of anilines is 1. The lowest BCUT2D eigenvalue weighted by Crippen LogP contribution is -2.46. The van der Waals surface area contributed by atoms with E-state index in [-0.39, 0.29) is 24.8 Å². The maximum Gasteiger partial charge on any atom is 0.243 e. The molecule has 2 aliphatic rings. The number of rotatable bonds is 5. The van der Waals surface area contributed by atoms with E-state index in [9.17, 15) is 8.42 Å². The second-order valence-corrected chi connectivity index (χ2v) is 10.5. The Kier molecular flexibility index (Phi) is 8.82. The first kappa shape index (κ1) is 26.7. The third-order valence-corrected chi connectivity index (χ3v) is 8.61. The molecule has 0 saturated carbocycles. The van der Waals surface area contributed by atoms with Crippen molar-refractivity contribution in [3.8, 4) is 11.3 Å². The van der Waals surface area contributed by atoms with Crippen LogP contribution in [-0.4, -0.2) is 68.4 Å². The Morgan fingerprint density at radius 1 is 0.853 bits per heavy atom. The average molecular weight is 524 g/mol. The van der Waals surface area contributed by atoms with Crippen LogP contribution in [0.1, 0.15) is 19.8 Å². The highest BCUT2D eigenvalue weighted by Gasteiger charge is 2.27. The van der Waals surface area contributed by atoms with Crippen molar-refractivity contribution in [3.63, 3.8) is 0 Å². The van der Waals surface area contributed by atoms with Gasteiger partial charge in [0.25, 0.3) is 0 Å². The lowest BCUT2D eigenvalue weighted by Gasteiger charge is -2.35. The Bertz CT molecular complexity index is 1210. The van der Waals surface area contributed by atoms with E-state index in [2.05, 4.69) is 47.1 Å². The zero-order valence-corrected chi connectivity index (χ0v) is 21.8. The van der Waals surface area contributed by atoms with Crippen LogP contribution >= 0.6 is 24.8 Å². The first-order valence-electron chi connectivity index (χ1n) is 11.5. The average Bonchev–Trinajstić information content (AvgIpc) is 3.40. The molecule has 0 bridgehead atoms. The second-order valence-electron chi connectivity index (χ2n) is 8.61. The molecule has 2 saturated heterocycles. The Labute approximate surface area is 214 Å². The molecular weight excluding hydrogens is 491 g/mol. The van der Waals surface area contributed by atoms with Crippen LogP contribution in [0.5, 0.6) is 0 Å². The molecule has 3 heterocycles. The van der Waals surface area contributed by atoms with Crippen LogP contribution in [0.2, 0.25) is 0 Å². The normalized spacial score (nSPS) is 17.4. The van der Waals surface area contributed by atoms with Crippen LogP contribution in [0.15, 0.2) is 59.5 Å². The zero-order valence-electron chi connectivity index (χ0n) is 19.4. The molecule has 2 fully saturated rings. The number of pyridine rings is 1. The van der Waals surface area contributed by atoms with Gasteiger partial charge < -0.3 is 9.80 Å². The van der Waals surface area contributed by atoms with Crippen LogP contribution in [0.3, 0.4) is 0 Å². The fourth-order valence-electron chi connectivity index (χ4n) is 4.72. The number of nitrogens with zero attached hydrogens (tertiary/aromatic N) is 4. The summed E-state index contributed by atoms with van der Waals surface area (Å²) in [5.41, 5.74) is 1.81. The van der Waals surface area contributed by atoms with Gasteiger partial charge in [-0.05, 0) is 43.0 Å². The fourth-order valence-corrected chi connectivity index (χ4v) is 6.24. The highest BCUT2D eigenvalue weighted by molar-refractivity contribution is 7.89. The minimum Gasteiger partial charge on any atom is -0.354 e. The maximum atomic E-state index is 12.9. The van der Waals surface area contributed by atoms with Crippen LogP contribution in [-0.2, 0) is 10.0 Å². The molecule has 2 aliphatic heterocycles. The highest BCUT2D eigenvalue weighted by Crippen LogP contribution is 2.31. The van der Waals surface area contributed by atoms with Gasteiger partial charge in [-0.25, -0.2) is 13.4 Å². The topological polar surface area (TPSA) is 56.8 Å². The Hall–Kier alpha value is -1.90. The molecule has 5 rings (SSSR count). The van der Waals surface area contributed by atoms with Crippen LogP contribution < -0.4 is 4.90 Å². The molecule has 2 aromatic carbocycles. The third-order valence-electron chi connectivity index (χ3n) is 6.69.